The standard InChI is InChI=1S/C22H32N2O3/c1-4-17(3)23-21(26)19-15-27-22(12-10-16(2)11-13-22)24(19)20(25)14-18-8-6-5-7-9-18/h5-9,16-17,19H,4,10-15H2,1-3H3,(H,23,26)/t16?,17-,19+,22?/m1/s1. The highest BCUT2D eigenvalue weighted by atomic mass is 16.5. The molecule has 2 atom stereocenters. The van der Waals surface area contributed by atoms with Gasteiger partial charge >= 0.3 is 0 Å². The molecule has 1 saturated carbocycles. The lowest BCUT2D eigenvalue weighted by atomic mass is 9.83. The molecule has 0 unspecified atom stereocenters. The zero-order valence-electron chi connectivity index (χ0n) is 16.7. The van der Waals surface area contributed by atoms with Crippen LogP contribution in [0.5, 0.6) is 0 Å². The molecule has 5 nitrogen and oxygen atoms in total. The number of nitrogens with one attached hydrogen (secondary N) is 1. The minimum absolute atomic E-state index is 0.0162. The molecule has 1 aliphatic carbocycles. The Morgan fingerprint density at radius 3 is 2.56 bits per heavy atom. The average molecular weight is 373 g/mol. The molecule has 0 aromatic heterocycles. The minimum Gasteiger partial charge on any atom is -0.353 e. The van der Waals surface area contributed by atoms with Crippen molar-refractivity contribution in [2.75, 3.05) is 6.61 Å². The Hall–Kier alpha value is -1.88. The van der Waals surface area contributed by atoms with Gasteiger partial charge < -0.3 is 10.1 Å². The molecule has 1 aliphatic heterocycles. The average Bonchev–Trinajstić information content (AvgIpc) is 3.04. The van der Waals surface area contributed by atoms with Crippen molar-refractivity contribution in [1.82, 2.24) is 10.2 Å². The Labute approximate surface area is 162 Å². The van der Waals surface area contributed by atoms with E-state index >= 15 is 0 Å². The first kappa shape index (κ1) is 19.9. The molecule has 2 amide bonds. The quantitative estimate of drug-likeness (QED) is 0.863. The van der Waals surface area contributed by atoms with Crippen molar-refractivity contribution in [3.63, 3.8) is 0 Å². The van der Waals surface area contributed by atoms with Gasteiger partial charge in [-0.05, 0) is 50.5 Å². The maximum Gasteiger partial charge on any atom is 0.245 e. The summed E-state index contributed by atoms with van der Waals surface area (Å²) in [7, 11) is 0. The van der Waals surface area contributed by atoms with Gasteiger partial charge in [0.25, 0.3) is 0 Å². The van der Waals surface area contributed by atoms with Crippen LogP contribution in [-0.4, -0.2) is 41.1 Å². The molecule has 2 aliphatic rings. The molecule has 1 aromatic carbocycles. The summed E-state index contributed by atoms with van der Waals surface area (Å²) >= 11 is 0. The van der Waals surface area contributed by atoms with Gasteiger partial charge in [0, 0.05) is 6.04 Å². The fraction of sp³-hybridized carbons (Fsp3) is 0.636. The maximum absolute atomic E-state index is 13.3. The van der Waals surface area contributed by atoms with Crippen LogP contribution in [0.25, 0.3) is 0 Å². The van der Waals surface area contributed by atoms with Gasteiger partial charge in [-0.15, -0.1) is 0 Å². The summed E-state index contributed by atoms with van der Waals surface area (Å²) < 4.78 is 6.19. The van der Waals surface area contributed by atoms with E-state index in [1.54, 1.807) is 4.90 Å². The lowest BCUT2D eigenvalue weighted by Crippen LogP contribution is -2.57. The highest BCUT2D eigenvalue weighted by Crippen LogP contribution is 2.42. The molecule has 0 radical (unpaired) electrons. The van der Waals surface area contributed by atoms with Gasteiger partial charge in [-0.2, -0.15) is 0 Å². The Bertz CT molecular complexity index is 653. The Balaban J connectivity index is 1.83. The van der Waals surface area contributed by atoms with Crippen LogP contribution in [0.2, 0.25) is 0 Å². The first-order valence-electron chi connectivity index (χ1n) is 10.3. The highest BCUT2D eigenvalue weighted by Gasteiger charge is 2.53. The van der Waals surface area contributed by atoms with Crippen LogP contribution in [0.1, 0.15) is 58.4 Å². The number of hydrogen-bond donors (Lipinski definition) is 1. The predicted octanol–water partition coefficient (Wildman–Crippen LogP) is 3.28. The predicted molar refractivity (Wildman–Crippen MR) is 105 cm³/mol. The monoisotopic (exact) mass is 372 g/mol. The van der Waals surface area contributed by atoms with Gasteiger partial charge in [0.05, 0.1) is 13.0 Å². The summed E-state index contributed by atoms with van der Waals surface area (Å²) in [4.78, 5) is 28.0. The van der Waals surface area contributed by atoms with Gasteiger partial charge in [-0.1, -0.05) is 44.2 Å². The van der Waals surface area contributed by atoms with Gasteiger partial charge in [0.15, 0.2) is 0 Å². The fourth-order valence-electron chi connectivity index (χ4n) is 4.15. The molecule has 0 bridgehead atoms. The summed E-state index contributed by atoms with van der Waals surface area (Å²) in [6.45, 7) is 6.56. The van der Waals surface area contributed by atoms with Crippen molar-refractivity contribution in [3.8, 4) is 0 Å². The van der Waals surface area contributed by atoms with Crippen LogP contribution in [-0.2, 0) is 20.7 Å². The molecule has 2 fully saturated rings. The van der Waals surface area contributed by atoms with Gasteiger partial charge in [-0.25, -0.2) is 0 Å². The largest absolute Gasteiger partial charge is 0.353 e. The van der Waals surface area contributed by atoms with Crippen LogP contribution in [0.3, 0.4) is 0 Å². The minimum atomic E-state index is -0.615. The summed E-state index contributed by atoms with van der Waals surface area (Å²) in [5, 5.41) is 3.04. The SMILES string of the molecule is CC[C@@H](C)NC(=O)[C@@H]1COC2(CCC(C)CC2)N1C(=O)Cc1ccccc1. The van der Waals surface area contributed by atoms with Crippen LogP contribution in [0, 0.1) is 5.92 Å². The van der Waals surface area contributed by atoms with Gasteiger partial charge in [-0.3, -0.25) is 14.5 Å². The number of carbonyl (C=O) groups excluding carboxylic acids is 2. The molecular weight excluding hydrogens is 340 g/mol. The van der Waals surface area contributed by atoms with E-state index in [4.69, 9.17) is 4.74 Å². The van der Waals surface area contributed by atoms with E-state index in [1.165, 1.54) is 0 Å². The first-order chi connectivity index (χ1) is 12.9. The number of hydrogen-bond acceptors (Lipinski definition) is 3. The molecule has 3 rings (SSSR count). The van der Waals surface area contributed by atoms with Gasteiger partial charge in [0.2, 0.25) is 11.8 Å². The first-order valence-corrected chi connectivity index (χ1v) is 10.3. The van der Waals surface area contributed by atoms with Crippen molar-refractivity contribution >= 4 is 11.8 Å². The highest BCUT2D eigenvalue weighted by molar-refractivity contribution is 5.89. The zero-order valence-corrected chi connectivity index (χ0v) is 16.7. The second-order valence-electron chi connectivity index (χ2n) is 8.20. The van der Waals surface area contributed by atoms with Crippen molar-refractivity contribution in [3.05, 3.63) is 35.9 Å². The van der Waals surface area contributed by atoms with Crippen LogP contribution >= 0.6 is 0 Å². The zero-order chi connectivity index (χ0) is 19.4. The third-order valence-corrected chi connectivity index (χ3v) is 6.09. The molecule has 1 saturated heterocycles. The van der Waals surface area contributed by atoms with E-state index in [0.29, 0.717) is 12.3 Å². The summed E-state index contributed by atoms with van der Waals surface area (Å²) in [5.41, 5.74) is 0.352. The van der Waals surface area contributed by atoms with E-state index in [1.807, 2.05) is 44.2 Å². The topological polar surface area (TPSA) is 58.6 Å². The molecule has 27 heavy (non-hydrogen) atoms. The van der Waals surface area contributed by atoms with Crippen LogP contribution in [0.4, 0.5) is 0 Å². The Morgan fingerprint density at radius 1 is 1.26 bits per heavy atom. The van der Waals surface area contributed by atoms with Crippen molar-refractivity contribution in [2.45, 2.75) is 77.1 Å². The molecule has 1 aromatic rings. The third-order valence-electron chi connectivity index (χ3n) is 6.09. The summed E-state index contributed by atoms with van der Waals surface area (Å²) in [5.74, 6) is 0.525. The molecule has 1 heterocycles. The summed E-state index contributed by atoms with van der Waals surface area (Å²) in [6.07, 6.45) is 4.82. The number of benzene rings is 1. The van der Waals surface area contributed by atoms with Gasteiger partial charge in [0.1, 0.15) is 11.8 Å². The van der Waals surface area contributed by atoms with Crippen LogP contribution < -0.4 is 5.32 Å². The van der Waals surface area contributed by atoms with Crippen molar-refractivity contribution < 1.29 is 14.3 Å². The second-order valence-corrected chi connectivity index (χ2v) is 8.20. The third kappa shape index (κ3) is 4.34. The van der Waals surface area contributed by atoms with Crippen molar-refractivity contribution in [2.24, 2.45) is 5.92 Å². The molecule has 1 spiro atoms. The van der Waals surface area contributed by atoms with E-state index in [2.05, 4.69) is 12.2 Å². The van der Waals surface area contributed by atoms with E-state index in [0.717, 1.165) is 37.7 Å². The van der Waals surface area contributed by atoms with E-state index in [-0.39, 0.29) is 24.5 Å². The number of nitrogens with zero attached hydrogens (tertiary/aromatic N) is 1. The Kier molecular flexibility index (Phi) is 6.20. The number of ether oxygens (including phenoxy) is 1. The maximum atomic E-state index is 13.3. The van der Waals surface area contributed by atoms with Crippen LogP contribution in [0.15, 0.2) is 30.3 Å². The normalized spacial score (nSPS) is 28.9. The molecular formula is C22H32N2O3. The second kappa shape index (κ2) is 8.42. The number of amides is 2. The lowest BCUT2D eigenvalue weighted by molar-refractivity contribution is -0.161. The van der Waals surface area contributed by atoms with E-state index in [9.17, 15) is 9.59 Å². The fourth-order valence-corrected chi connectivity index (χ4v) is 4.15. The Morgan fingerprint density at radius 2 is 1.93 bits per heavy atom. The number of rotatable bonds is 5. The lowest BCUT2D eigenvalue weighted by Gasteiger charge is -2.43. The smallest absolute Gasteiger partial charge is 0.245 e. The van der Waals surface area contributed by atoms with E-state index < -0.39 is 11.8 Å². The summed E-state index contributed by atoms with van der Waals surface area (Å²) in [6, 6.07) is 9.29. The molecule has 148 valence electrons. The van der Waals surface area contributed by atoms with Crippen molar-refractivity contribution in [1.29, 1.82) is 0 Å². The molecule has 5 heteroatoms. The molecule has 1 N–H and O–H groups in total. The number of carbonyl (C=O) groups is 2.